The van der Waals surface area contributed by atoms with Crippen LogP contribution in [0.3, 0.4) is 0 Å². The van der Waals surface area contributed by atoms with Crippen LogP contribution in [-0.4, -0.2) is 24.5 Å². The Morgan fingerprint density at radius 1 is 1.38 bits per heavy atom. The van der Waals surface area contributed by atoms with Gasteiger partial charge in [0, 0.05) is 23.5 Å². The maximum atomic E-state index is 12.7. The van der Waals surface area contributed by atoms with Crippen LogP contribution in [-0.2, 0) is 6.42 Å². The number of anilines is 1. The van der Waals surface area contributed by atoms with Gasteiger partial charge in [-0.25, -0.2) is 4.98 Å². The Morgan fingerprint density at radius 2 is 2.19 bits per heavy atom. The number of carbonyl (C=O) groups is 1. The number of rotatable bonds is 2. The standard InChI is InChI=1S/C16H15ClN2O2/c1-10-7-14(21-2)15(18-9-10)16(20)19-6-5-11-8-12(17)3-4-13(11)19/h3-4,7-9H,5-6H2,1-2H3. The summed E-state index contributed by atoms with van der Waals surface area (Å²) in [5.41, 5.74) is 3.28. The first kappa shape index (κ1) is 13.9. The number of aryl methyl sites for hydroxylation is 1. The molecule has 0 bridgehead atoms. The van der Waals surface area contributed by atoms with E-state index in [0.717, 1.165) is 23.2 Å². The van der Waals surface area contributed by atoms with Crippen LogP contribution in [0.15, 0.2) is 30.5 Å². The van der Waals surface area contributed by atoms with Crippen molar-refractivity contribution in [1.29, 1.82) is 0 Å². The molecule has 0 saturated carbocycles. The van der Waals surface area contributed by atoms with Crippen molar-refractivity contribution in [3.8, 4) is 5.75 Å². The highest BCUT2D eigenvalue weighted by molar-refractivity contribution is 6.30. The molecule has 108 valence electrons. The molecule has 1 aliphatic rings. The summed E-state index contributed by atoms with van der Waals surface area (Å²) in [6, 6.07) is 7.40. The van der Waals surface area contributed by atoms with Gasteiger partial charge in [0.05, 0.1) is 7.11 Å². The van der Waals surface area contributed by atoms with Crippen LogP contribution >= 0.6 is 11.6 Å². The van der Waals surface area contributed by atoms with Gasteiger partial charge in [0.2, 0.25) is 0 Å². The second-order valence-corrected chi connectivity index (χ2v) is 5.48. The molecule has 0 fully saturated rings. The van der Waals surface area contributed by atoms with Crippen LogP contribution in [0.5, 0.6) is 5.75 Å². The van der Waals surface area contributed by atoms with Crippen LogP contribution in [0.1, 0.15) is 21.6 Å². The van der Waals surface area contributed by atoms with E-state index in [1.165, 1.54) is 0 Å². The van der Waals surface area contributed by atoms with Crippen molar-refractivity contribution in [2.75, 3.05) is 18.6 Å². The maximum absolute atomic E-state index is 12.7. The molecule has 3 rings (SSSR count). The van der Waals surface area contributed by atoms with E-state index in [0.29, 0.717) is 23.0 Å². The third kappa shape index (κ3) is 2.47. The highest BCUT2D eigenvalue weighted by Gasteiger charge is 2.28. The Morgan fingerprint density at radius 3 is 2.95 bits per heavy atom. The second kappa shape index (κ2) is 5.37. The minimum Gasteiger partial charge on any atom is -0.494 e. The van der Waals surface area contributed by atoms with E-state index in [1.807, 2.05) is 25.1 Å². The molecule has 0 aliphatic carbocycles. The van der Waals surface area contributed by atoms with Crippen LogP contribution in [0.4, 0.5) is 5.69 Å². The summed E-state index contributed by atoms with van der Waals surface area (Å²) in [6.07, 6.45) is 2.48. The topological polar surface area (TPSA) is 42.4 Å². The summed E-state index contributed by atoms with van der Waals surface area (Å²) in [5.74, 6) is 0.357. The Hall–Kier alpha value is -2.07. The number of carbonyl (C=O) groups excluding carboxylic acids is 1. The van der Waals surface area contributed by atoms with Gasteiger partial charge in [-0.15, -0.1) is 0 Å². The van der Waals surface area contributed by atoms with Gasteiger partial charge >= 0.3 is 0 Å². The quantitative estimate of drug-likeness (QED) is 0.855. The zero-order valence-electron chi connectivity index (χ0n) is 11.9. The van der Waals surface area contributed by atoms with E-state index >= 15 is 0 Å². The molecule has 1 aromatic heterocycles. The third-order valence-corrected chi connectivity index (χ3v) is 3.83. The maximum Gasteiger partial charge on any atom is 0.280 e. The monoisotopic (exact) mass is 302 g/mol. The van der Waals surface area contributed by atoms with E-state index in [9.17, 15) is 4.79 Å². The second-order valence-electron chi connectivity index (χ2n) is 5.04. The molecule has 1 aromatic carbocycles. The van der Waals surface area contributed by atoms with Crippen LogP contribution in [0.25, 0.3) is 0 Å². The van der Waals surface area contributed by atoms with Gasteiger partial charge in [-0.05, 0) is 48.7 Å². The number of benzene rings is 1. The lowest BCUT2D eigenvalue weighted by molar-refractivity contribution is 0.0981. The summed E-state index contributed by atoms with van der Waals surface area (Å²) >= 11 is 6.00. The molecule has 0 N–H and O–H groups in total. The van der Waals surface area contributed by atoms with E-state index in [1.54, 1.807) is 24.3 Å². The molecule has 2 heterocycles. The van der Waals surface area contributed by atoms with Crippen molar-refractivity contribution in [2.24, 2.45) is 0 Å². The number of aromatic nitrogens is 1. The minimum absolute atomic E-state index is 0.145. The SMILES string of the molecule is COc1cc(C)cnc1C(=O)N1CCc2cc(Cl)ccc21. The van der Waals surface area contributed by atoms with Crippen molar-refractivity contribution in [1.82, 2.24) is 4.98 Å². The van der Waals surface area contributed by atoms with E-state index < -0.39 is 0 Å². The molecule has 1 amide bonds. The fourth-order valence-corrected chi connectivity index (χ4v) is 2.76. The van der Waals surface area contributed by atoms with Crippen LogP contribution < -0.4 is 9.64 Å². The Labute approximate surface area is 128 Å². The van der Waals surface area contributed by atoms with Crippen molar-refractivity contribution in [2.45, 2.75) is 13.3 Å². The van der Waals surface area contributed by atoms with Gasteiger partial charge in [-0.1, -0.05) is 11.6 Å². The predicted molar refractivity (Wildman–Crippen MR) is 82.4 cm³/mol. The molecule has 0 atom stereocenters. The lowest BCUT2D eigenvalue weighted by atomic mass is 10.2. The molecule has 5 heteroatoms. The van der Waals surface area contributed by atoms with Gasteiger partial charge in [-0.3, -0.25) is 4.79 Å². The zero-order valence-corrected chi connectivity index (χ0v) is 12.6. The van der Waals surface area contributed by atoms with Crippen LogP contribution in [0, 0.1) is 6.92 Å². The number of amides is 1. The van der Waals surface area contributed by atoms with Crippen molar-refractivity contribution in [3.63, 3.8) is 0 Å². The van der Waals surface area contributed by atoms with E-state index in [4.69, 9.17) is 16.3 Å². The molecule has 2 aromatic rings. The molecular weight excluding hydrogens is 288 g/mol. The molecular formula is C16H15ClN2O2. The molecule has 0 spiro atoms. The first-order valence-corrected chi connectivity index (χ1v) is 7.09. The highest BCUT2D eigenvalue weighted by Crippen LogP contribution is 2.32. The Kier molecular flexibility index (Phi) is 3.55. The Bertz CT molecular complexity index is 715. The van der Waals surface area contributed by atoms with Gasteiger partial charge in [0.1, 0.15) is 5.75 Å². The molecule has 0 unspecified atom stereocenters. The lowest BCUT2D eigenvalue weighted by Crippen LogP contribution is -2.30. The highest BCUT2D eigenvalue weighted by atomic mass is 35.5. The van der Waals surface area contributed by atoms with Gasteiger partial charge in [0.15, 0.2) is 5.69 Å². The first-order valence-electron chi connectivity index (χ1n) is 6.71. The molecule has 4 nitrogen and oxygen atoms in total. The fourth-order valence-electron chi connectivity index (χ4n) is 2.57. The van der Waals surface area contributed by atoms with Crippen LogP contribution in [0.2, 0.25) is 5.02 Å². The minimum atomic E-state index is -0.145. The third-order valence-electron chi connectivity index (χ3n) is 3.59. The van der Waals surface area contributed by atoms with Crippen molar-refractivity contribution in [3.05, 3.63) is 52.3 Å². The first-order chi connectivity index (χ1) is 10.1. The summed E-state index contributed by atoms with van der Waals surface area (Å²) in [4.78, 5) is 18.7. The normalized spacial score (nSPS) is 13.2. The molecule has 0 radical (unpaired) electrons. The number of hydrogen-bond acceptors (Lipinski definition) is 3. The smallest absolute Gasteiger partial charge is 0.280 e. The molecule has 0 saturated heterocycles. The number of halogens is 1. The van der Waals surface area contributed by atoms with Crippen molar-refractivity contribution < 1.29 is 9.53 Å². The average molecular weight is 303 g/mol. The summed E-state index contributed by atoms with van der Waals surface area (Å²) in [7, 11) is 1.55. The number of fused-ring (bicyclic) bond motifs is 1. The largest absolute Gasteiger partial charge is 0.494 e. The van der Waals surface area contributed by atoms with Gasteiger partial charge < -0.3 is 9.64 Å². The summed E-state index contributed by atoms with van der Waals surface area (Å²) < 4.78 is 5.28. The van der Waals surface area contributed by atoms with E-state index in [2.05, 4.69) is 4.98 Å². The predicted octanol–water partition coefficient (Wildman–Crippen LogP) is 3.25. The number of hydrogen-bond donors (Lipinski definition) is 0. The molecule has 1 aliphatic heterocycles. The average Bonchev–Trinajstić information content (AvgIpc) is 2.89. The zero-order chi connectivity index (χ0) is 15.0. The number of methoxy groups -OCH3 is 1. The van der Waals surface area contributed by atoms with Crippen molar-refractivity contribution >= 4 is 23.2 Å². The summed E-state index contributed by atoms with van der Waals surface area (Å²) in [6.45, 7) is 2.55. The van der Waals surface area contributed by atoms with E-state index in [-0.39, 0.29) is 5.91 Å². The molecule has 21 heavy (non-hydrogen) atoms. The summed E-state index contributed by atoms with van der Waals surface area (Å²) in [5, 5.41) is 0.689. The fraction of sp³-hybridized carbons (Fsp3) is 0.250. The number of nitrogens with zero attached hydrogens (tertiary/aromatic N) is 2. The van der Waals surface area contributed by atoms with Gasteiger partial charge in [0.25, 0.3) is 5.91 Å². The lowest BCUT2D eigenvalue weighted by Gasteiger charge is -2.18. The van der Waals surface area contributed by atoms with Gasteiger partial charge in [-0.2, -0.15) is 0 Å². The number of pyridine rings is 1. The number of ether oxygens (including phenoxy) is 1. The Balaban J connectivity index is 1.98.